The van der Waals surface area contributed by atoms with E-state index >= 15 is 0 Å². The highest BCUT2D eigenvalue weighted by atomic mass is 32.2. The summed E-state index contributed by atoms with van der Waals surface area (Å²) in [4.78, 5) is 29.4. The maximum atomic E-state index is 13.0. The highest BCUT2D eigenvalue weighted by Crippen LogP contribution is 2.30. The topological polar surface area (TPSA) is 73.2 Å². The van der Waals surface area contributed by atoms with Crippen molar-refractivity contribution in [1.29, 1.82) is 0 Å². The summed E-state index contributed by atoms with van der Waals surface area (Å²) in [5.74, 6) is 2.07. The van der Waals surface area contributed by atoms with E-state index in [4.69, 9.17) is 5.21 Å². The molecule has 1 aliphatic carbocycles. The van der Waals surface area contributed by atoms with Crippen LogP contribution in [0.25, 0.3) is 0 Å². The van der Waals surface area contributed by atoms with Gasteiger partial charge in [-0.05, 0) is 55.6 Å². The van der Waals surface area contributed by atoms with Gasteiger partial charge in [-0.3, -0.25) is 9.59 Å². The Balaban J connectivity index is 1.27. The fraction of sp³-hybridized carbons (Fsp3) is 0.591. The average Bonchev–Trinajstić information content (AvgIpc) is 3.46. The van der Waals surface area contributed by atoms with E-state index in [0.29, 0.717) is 24.8 Å². The molecule has 0 bridgehead atoms. The van der Waals surface area contributed by atoms with Crippen LogP contribution >= 0.6 is 11.8 Å². The monoisotopic (exact) mass is 415 g/mol. The van der Waals surface area contributed by atoms with Gasteiger partial charge in [0, 0.05) is 18.7 Å². The molecule has 0 radical (unpaired) electrons. The quantitative estimate of drug-likeness (QED) is 0.440. The number of thioether (sulfide) groups is 1. The molecule has 2 amide bonds. The first-order valence-corrected chi connectivity index (χ1v) is 11.7. The molecule has 4 rings (SSSR count). The number of nitrogens with zero attached hydrogens (tertiary/aromatic N) is 3. The van der Waals surface area contributed by atoms with Crippen molar-refractivity contribution in [3.8, 4) is 0 Å². The molecule has 2 saturated heterocycles. The molecule has 6 nitrogen and oxygen atoms in total. The Hall–Kier alpha value is -2.02. The Morgan fingerprint density at radius 3 is 2.69 bits per heavy atom. The van der Waals surface area contributed by atoms with Crippen molar-refractivity contribution in [2.75, 3.05) is 18.2 Å². The lowest BCUT2D eigenvalue weighted by Crippen LogP contribution is -2.50. The molecule has 0 aromatic heterocycles. The molecule has 1 aromatic carbocycles. The third kappa shape index (κ3) is 4.44. The molecular formula is C22H29N3O3S. The summed E-state index contributed by atoms with van der Waals surface area (Å²) in [6.07, 6.45) is 7.72. The summed E-state index contributed by atoms with van der Waals surface area (Å²) in [5, 5.41) is 11.9. The van der Waals surface area contributed by atoms with Gasteiger partial charge in [0.25, 0.3) is 0 Å². The molecule has 0 spiro atoms. The van der Waals surface area contributed by atoms with Gasteiger partial charge in [0.2, 0.25) is 11.8 Å². The molecule has 29 heavy (non-hydrogen) atoms. The number of carbonyl (C=O) groups excluding carboxylic acids is 2. The minimum absolute atomic E-state index is 0.00278. The van der Waals surface area contributed by atoms with Crippen molar-refractivity contribution in [3.05, 3.63) is 35.4 Å². The number of carbonyl (C=O) groups is 2. The number of benzene rings is 1. The van der Waals surface area contributed by atoms with Crippen molar-refractivity contribution >= 4 is 29.8 Å². The lowest BCUT2D eigenvalue weighted by atomic mass is 9.98. The predicted octanol–water partition coefficient (Wildman–Crippen LogP) is 2.92. The summed E-state index contributed by atoms with van der Waals surface area (Å²) < 4.78 is 0. The van der Waals surface area contributed by atoms with E-state index in [-0.39, 0.29) is 23.9 Å². The van der Waals surface area contributed by atoms with Crippen LogP contribution in [-0.2, 0) is 22.4 Å². The van der Waals surface area contributed by atoms with E-state index in [2.05, 4.69) is 29.4 Å². The molecule has 2 fully saturated rings. The van der Waals surface area contributed by atoms with Crippen LogP contribution < -0.4 is 0 Å². The van der Waals surface area contributed by atoms with E-state index in [1.54, 1.807) is 21.6 Å². The summed E-state index contributed by atoms with van der Waals surface area (Å²) in [6.45, 7) is 0.670. The normalized spacial score (nSPS) is 24.6. The second kappa shape index (κ2) is 9.20. The Morgan fingerprint density at radius 2 is 1.97 bits per heavy atom. The molecule has 2 aliphatic heterocycles. The van der Waals surface area contributed by atoms with Crippen LogP contribution in [0.15, 0.2) is 29.4 Å². The Kier molecular flexibility index (Phi) is 6.43. The molecule has 0 saturated carbocycles. The smallest absolute Gasteiger partial charge is 0.246 e. The molecule has 1 N–H and O–H groups in total. The molecule has 2 atom stereocenters. The van der Waals surface area contributed by atoms with Crippen LogP contribution in [0.5, 0.6) is 0 Å². The SMILES string of the molecule is O=C([C@H]1CCCN1C(=O)CCCC1Cc2ccccc2C1)N1CSC[C@H]1C=NO. The third-order valence-electron chi connectivity index (χ3n) is 6.44. The molecule has 156 valence electrons. The van der Waals surface area contributed by atoms with E-state index in [0.717, 1.165) is 44.3 Å². The van der Waals surface area contributed by atoms with Gasteiger partial charge in [-0.25, -0.2) is 0 Å². The van der Waals surface area contributed by atoms with Gasteiger partial charge < -0.3 is 15.0 Å². The zero-order valence-electron chi connectivity index (χ0n) is 16.7. The second-order valence-electron chi connectivity index (χ2n) is 8.32. The molecule has 0 unspecified atom stereocenters. The Morgan fingerprint density at radius 1 is 1.21 bits per heavy atom. The van der Waals surface area contributed by atoms with E-state index in [1.165, 1.54) is 17.3 Å². The van der Waals surface area contributed by atoms with Crippen molar-refractivity contribution in [2.45, 2.75) is 57.0 Å². The zero-order chi connectivity index (χ0) is 20.2. The van der Waals surface area contributed by atoms with Gasteiger partial charge in [0.1, 0.15) is 6.04 Å². The highest BCUT2D eigenvalue weighted by Gasteiger charge is 2.39. The fourth-order valence-corrected chi connectivity index (χ4v) is 6.07. The first-order valence-electron chi connectivity index (χ1n) is 10.6. The molecular weight excluding hydrogens is 386 g/mol. The van der Waals surface area contributed by atoms with Crippen LogP contribution in [0.2, 0.25) is 0 Å². The number of fused-ring (bicyclic) bond motifs is 1. The van der Waals surface area contributed by atoms with E-state index in [9.17, 15) is 9.59 Å². The fourth-order valence-electron chi connectivity index (χ4n) is 4.94. The van der Waals surface area contributed by atoms with Crippen molar-refractivity contribution in [1.82, 2.24) is 9.80 Å². The largest absolute Gasteiger partial charge is 0.411 e. The number of rotatable bonds is 6. The number of amides is 2. The van der Waals surface area contributed by atoms with Crippen LogP contribution in [-0.4, -0.2) is 63.3 Å². The minimum atomic E-state index is -0.355. The van der Waals surface area contributed by atoms with Gasteiger partial charge in [0.15, 0.2) is 0 Å². The van der Waals surface area contributed by atoms with Crippen LogP contribution in [0.1, 0.15) is 43.2 Å². The number of likely N-dealkylation sites (tertiary alicyclic amines) is 1. The highest BCUT2D eigenvalue weighted by molar-refractivity contribution is 7.99. The van der Waals surface area contributed by atoms with Crippen molar-refractivity contribution < 1.29 is 14.8 Å². The third-order valence-corrected chi connectivity index (χ3v) is 7.48. The maximum Gasteiger partial charge on any atom is 0.246 e. The first-order chi connectivity index (χ1) is 14.2. The Labute approximate surface area is 176 Å². The van der Waals surface area contributed by atoms with Crippen LogP contribution in [0.4, 0.5) is 0 Å². The second-order valence-corrected chi connectivity index (χ2v) is 9.32. The van der Waals surface area contributed by atoms with Gasteiger partial charge >= 0.3 is 0 Å². The van der Waals surface area contributed by atoms with Gasteiger partial charge in [-0.1, -0.05) is 29.4 Å². The van der Waals surface area contributed by atoms with Crippen LogP contribution in [0.3, 0.4) is 0 Å². The lowest BCUT2D eigenvalue weighted by molar-refractivity contribution is -0.143. The summed E-state index contributed by atoms with van der Waals surface area (Å²) in [7, 11) is 0. The summed E-state index contributed by atoms with van der Waals surface area (Å²) in [6, 6.07) is 8.10. The molecule has 1 aromatic rings. The van der Waals surface area contributed by atoms with Crippen LogP contribution in [0, 0.1) is 5.92 Å². The molecule has 3 aliphatic rings. The molecule has 7 heteroatoms. The maximum absolute atomic E-state index is 13.0. The predicted molar refractivity (Wildman–Crippen MR) is 114 cm³/mol. The zero-order valence-corrected chi connectivity index (χ0v) is 17.5. The average molecular weight is 416 g/mol. The summed E-state index contributed by atoms with van der Waals surface area (Å²) >= 11 is 1.65. The minimum Gasteiger partial charge on any atom is -0.411 e. The van der Waals surface area contributed by atoms with E-state index < -0.39 is 0 Å². The van der Waals surface area contributed by atoms with Gasteiger partial charge in [-0.15, -0.1) is 11.8 Å². The van der Waals surface area contributed by atoms with Gasteiger partial charge in [-0.2, -0.15) is 0 Å². The number of oxime groups is 1. The first kappa shape index (κ1) is 20.3. The number of hydrogen-bond acceptors (Lipinski definition) is 5. The van der Waals surface area contributed by atoms with Gasteiger partial charge in [0.05, 0.1) is 18.1 Å². The Bertz CT molecular complexity index is 759. The lowest BCUT2D eigenvalue weighted by Gasteiger charge is -2.29. The van der Waals surface area contributed by atoms with Crippen molar-refractivity contribution in [2.24, 2.45) is 11.1 Å². The molecule has 2 heterocycles. The van der Waals surface area contributed by atoms with Crippen molar-refractivity contribution in [3.63, 3.8) is 0 Å². The summed E-state index contributed by atoms with van der Waals surface area (Å²) in [5.41, 5.74) is 2.91. The standard InChI is InChI=1S/C22H29N3O3S/c26-21(9-3-5-16-11-17-6-1-2-7-18(17)12-16)24-10-4-8-20(24)22(27)25-15-29-14-19(25)13-23-28/h1-2,6-7,13,16,19-20,28H,3-5,8-12,14-15H2/t19-,20-/m1/s1. The number of hydrogen-bond donors (Lipinski definition) is 1. The van der Waals surface area contributed by atoms with E-state index in [1.807, 2.05) is 0 Å².